The van der Waals surface area contributed by atoms with Crippen LogP contribution in [0.4, 0.5) is 0 Å². The Balaban J connectivity index is 1.20. The summed E-state index contributed by atoms with van der Waals surface area (Å²) in [5, 5.41) is 2.66. The third-order valence-corrected chi connectivity index (χ3v) is 11.9. The first-order valence-corrected chi connectivity index (χ1v) is 17.0. The Bertz CT molecular complexity index is 2560. The van der Waals surface area contributed by atoms with Crippen LogP contribution >= 0.6 is 0 Å². The van der Waals surface area contributed by atoms with Gasteiger partial charge in [-0.25, -0.2) is 0 Å². The minimum absolute atomic E-state index is 0.0103. The Morgan fingerprint density at radius 1 is 0.511 bits per heavy atom. The highest BCUT2D eigenvalue weighted by molar-refractivity contribution is 6.11. The summed E-state index contributed by atoms with van der Waals surface area (Å²) in [6.45, 7) is 4.82. The number of para-hydroxylation sites is 1. The second-order valence-corrected chi connectivity index (χ2v) is 14.3. The molecule has 222 valence electrons. The van der Waals surface area contributed by atoms with Gasteiger partial charge in [-0.3, -0.25) is 0 Å². The lowest BCUT2D eigenvalue weighted by molar-refractivity contribution is 0.652. The molecule has 1 aromatic heterocycles. The number of allylic oxidation sites excluding steroid dienone is 4. The van der Waals surface area contributed by atoms with Crippen LogP contribution in [0.25, 0.3) is 55.3 Å². The predicted octanol–water partition coefficient (Wildman–Crippen LogP) is 11.5. The highest BCUT2D eigenvalue weighted by Gasteiger charge is 2.51. The molecule has 0 N–H and O–H groups in total. The molecule has 1 spiro atoms. The van der Waals surface area contributed by atoms with Crippen LogP contribution < -0.4 is 0 Å². The van der Waals surface area contributed by atoms with Gasteiger partial charge in [0.1, 0.15) is 0 Å². The van der Waals surface area contributed by atoms with Crippen molar-refractivity contribution in [2.75, 3.05) is 0 Å². The maximum absolute atomic E-state index is 2.53. The van der Waals surface area contributed by atoms with Gasteiger partial charge in [-0.2, -0.15) is 0 Å². The quantitative estimate of drug-likeness (QED) is 0.177. The van der Waals surface area contributed by atoms with Gasteiger partial charge in [0.2, 0.25) is 0 Å². The number of hydrogen-bond donors (Lipinski definition) is 0. The molecule has 11 rings (SSSR count). The summed E-state index contributed by atoms with van der Waals surface area (Å²) in [4.78, 5) is 0. The summed E-state index contributed by atoms with van der Waals surface area (Å²) < 4.78 is 2.53. The minimum Gasteiger partial charge on any atom is -0.309 e. The molecule has 0 atom stereocenters. The molecule has 0 bridgehead atoms. The van der Waals surface area contributed by atoms with Crippen molar-refractivity contribution < 1.29 is 0 Å². The van der Waals surface area contributed by atoms with Crippen LogP contribution in [-0.2, 0) is 10.8 Å². The zero-order valence-electron chi connectivity index (χ0n) is 26.6. The molecule has 0 saturated heterocycles. The van der Waals surface area contributed by atoms with Crippen molar-refractivity contribution in [1.82, 2.24) is 4.57 Å². The molecule has 1 heteroatoms. The van der Waals surface area contributed by atoms with E-state index >= 15 is 0 Å². The standard InChI is InChI=1S/C46H33N/c1-45(2)37-18-8-3-15-31(37)35-26-36-33-17-7-12-22-43(33)47(44(36)27-42(35)45)28-23-24-41-34(25-28)32-16-6-11-21-40(32)46(41)38-19-9-4-13-29(38)30-14-5-10-20-39(30)46/h4-14,16-27H,3,15H2,1-2H3. The van der Waals surface area contributed by atoms with Crippen LogP contribution in [0.3, 0.4) is 0 Å². The van der Waals surface area contributed by atoms with Crippen LogP contribution in [0.15, 0.2) is 145 Å². The van der Waals surface area contributed by atoms with E-state index in [1.54, 1.807) is 5.57 Å². The Kier molecular flexibility index (Phi) is 4.76. The molecule has 0 aliphatic heterocycles. The minimum atomic E-state index is -0.318. The van der Waals surface area contributed by atoms with Crippen molar-refractivity contribution in [2.45, 2.75) is 37.5 Å². The second kappa shape index (κ2) is 8.69. The Labute approximate surface area is 275 Å². The van der Waals surface area contributed by atoms with E-state index in [1.807, 2.05) is 0 Å². The highest BCUT2D eigenvalue weighted by atomic mass is 15.0. The van der Waals surface area contributed by atoms with Crippen molar-refractivity contribution in [3.63, 3.8) is 0 Å². The van der Waals surface area contributed by atoms with E-state index in [9.17, 15) is 0 Å². The SMILES string of the molecule is CC1(C)C2=C(CCC=C2)c2cc3c4ccccc4n(-c4ccc5c(c4)-c4ccccc4C54c5ccccc5-c5ccccc54)c3cc21. The van der Waals surface area contributed by atoms with Gasteiger partial charge in [0.15, 0.2) is 0 Å². The van der Waals surface area contributed by atoms with Gasteiger partial charge < -0.3 is 4.57 Å². The van der Waals surface area contributed by atoms with Crippen LogP contribution in [-0.4, -0.2) is 4.57 Å². The number of fused-ring (bicyclic) bond motifs is 15. The summed E-state index contributed by atoms with van der Waals surface area (Å²) in [6.07, 6.45) is 7.01. The fourth-order valence-electron chi connectivity index (χ4n) is 9.96. The largest absolute Gasteiger partial charge is 0.309 e. The lowest BCUT2D eigenvalue weighted by atomic mass is 9.70. The lowest BCUT2D eigenvalue weighted by Gasteiger charge is -2.30. The van der Waals surface area contributed by atoms with E-state index in [2.05, 4.69) is 158 Å². The fraction of sp³-hybridized carbons (Fsp3) is 0.130. The molecule has 0 fully saturated rings. The van der Waals surface area contributed by atoms with Crippen molar-refractivity contribution in [2.24, 2.45) is 0 Å². The molecular formula is C46H33N. The average molecular weight is 600 g/mol. The van der Waals surface area contributed by atoms with Crippen LogP contribution in [0.1, 0.15) is 60.1 Å². The van der Waals surface area contributed by atoms with Crippen LogP contribution in [0.5, 0.6) is 0 Å². The van der Waals surface area contributed by atoms with Crippen molar-refractivity contribution in [3.8, 4) is 27.9 Å². The van der Waals surface area contributed by atoms with Gasteiger partial charge in [-0.15, -0.1) is 0 Å². The Morgan fingerprint density at radius 2 is 1.13 bits per heavy atom. The van der Waals surface area contributed by atoms with Gasteiger partial charge in [0.25, 0.3) is 0 Å². The van der Waals surface area contributed by atoms with E-state index in [0.717, 1.165) is 12.8 Å². The summed E-state index contributed by atoms with van der Waals surface area (Å²) in [7, 11) is 0. The van der Waals surface area contributed by atoms with E-state index in [1.165, 1.54) is 88.7 Å². The summed E-state index contributed by atoms with van der Waals surface area (Å²) in [6, 6.07) is 48.5. The molecule has 4 aliphatic rings. The summed E-state index contributed by atoms with van der Waals surface area (Å²) in [5.41, 5.74) is 20.3. The Morgan fingerprint density at radius 3 is 1.85 bits per heavy atom. The lowest BCUT2D eigenvalue weighted by Crippen LogP contribution is -2.25. The van der Waals surface area contributed by atoms with E-state index in [-0.39, 0.29) is 10.8 Å². The molecule has 0 unspecified atom stereocenters. The maximum Gasteiger partial charge on any atom is 0.0725 e. The van der Waals surface area contributed by atoms with Gasteiger partial charge in [-0.1, -0.05) is 123 Å². The molecule has 0 amide bonds. The highest BCUT2D eigenvalue weighted by Crippen LogP contribution is 2.63. The second-order valence-electron chi connectivity index (χ2n) is 14.3. The topological polar surface area (TPSA) is 4.93 Å². The van der Waals surface area contributed by atoms with Crippen LogP contribution in [0.2, 0.25) is 0 Å². The number of nitrogens with zero attached hydrogens (tertiary/aromatic N) is 1. The summed E-state index contributed by atoms with van der Waals surface area (Å²) in [5.74, 6) is 0. The first-order valence-electron chi connectivity index (χ1n) is 17.0. The molecular weight excluding hydrogens is 567 g/mol. The van der Waals surface area contributed by atoms with Crippen LogP contribution in [0, 0.1) is 0 Å². The van der Waals surface area contributed by atoms with Crippen molar-refractivity contribution in [3.05, 3.63) is 178 Å². The molecule has 47 heavy (non-hydrogen) atoms. The van der Waals surface area contributed by atoms with Gasteiger partial charge in [0, 0.05) is 21.9 Å². The first kappa shape index (κ1) is 25.8. The number of benzene rings is 6. The number of hydrogen-bond acceptors (Lipinski definition) is 0. The first-order chi connectivity index (χ1) is 23.1. The number of rotatable bonds is 1. The molecule has 6 aromatic carbocycles. The van der Waals surface area contributed by atoms with E-state index in [0.29, 0.717) is 0 Å². The van der Waals surface area contributed by atoms with Crippen molar-refractivity contribution in [1.29, 1.82) is 0 Å². The zero-order valence-corrected chi connectivity index (χ0v) is 26.6. The van der Waals surface area contributed by atoms with Gasteiger partial charge >= 0.3 is 0 Å². The van der Waals surface area contributed by atoms with E-state index in [4.69, 9.17) is 0 Å². The molecule has 0 saturated carbocycles. The Hall–Kier alpha value is -5.40. The monoisotopic (exact) mass is 599 g/mol. The maximum atomic E-state index is 2.53. The molecule has 4 aliphatic carbocycles. The zero-order chi connectivity index (χ0) is 31.1. The van der Waals surface area contributed by atoms with Crippen molar-refractivity contribution >= 4 is 27.4 Å². The molecule has 1 nitrogen and oxygen atoms in total. The third kappa shape index (κ3) is 2.97. The normalized spacial score (nSPS) is 17.1. The molecule has 1 heterocycles. The molecule has 7 aromatic rings. The average Bonchev–Trinajstić information content (AvgIpc) is 3.78. The fourth-order valence-corrected chi connectivity index (χ4v) is 9.96. The van der Waals surface area contributed by atoms with Gasteiger partial charge in [-0.05, 0) is 110 Å². The number of aromatic nitrogens is 1. The molecule has 0 radical (unpaired) electrons. The third-order valence-electron chi connectivity index (χ3n) is 11.9. The van der Waals surface area contributed by atoms with E-state index < -0.39 is 0 Å². The summed E-state index contributed by atoms with van der Waals surface area (Å²) >= 11 is 0. The smallest absolute Gasteiger partial charge is 0.0725 e. The van der Waals surface area contributed by atoms with Gasteiger partial charge in [0.05, 0.1) is 16.4 Å². The predicted molar refractivity (Wildman–Crippen MR) is 195 cm³/mol.